The van der Waals surface area contributed by atoms with Crippen molar-refractivity contribution in [3.05, 3.63) is 29.8 Å². The van der Waals surface area contributed by atoms with Crippen LogP contribution in [0.5, 0.6) is 0 Å². The van der Waals surface area contributed by atoms with Crippen molar-refractivity contribution in [2.75, 3.05) is 0 Å². The van der Waals surface area contributed by atoms with Crippen molar-refractivity contribution in [2.45, 2.75) is 24.3 Å². The maximum Gasteiger partial charge on any atom is 0.253 e. The molecular formula is C11H14N2O2S. The number of carbonyl (C=O) groups is 2. The van der Waals surface area contributed by atoms with E-state index in [1.807, 2.05) is 0 Å². The number of thiol groups is 1. The van der Waals surface area contributed by atoms with Crippen LogP contribution in [0.15, 0.2) is 29.2 Å². The standard InChI is InChI=1S/C11H14N2O2S/c1-11(2,10(12)15)13-9(14)7-5-3-4-6-8(7)16/h3-6,16H,1-2H3,(H2,12,15)(H,13,14). The topological polar surface area (TPSA) is 72.2 Å². The molecule has 3 N–H and O–H groups in total. The summed E-state index contributed by atoms with van der Waals surface area (Å²) >= 11 is 4.16. The van der Waals surface area contributed by atoms with E-state index < -0.39 is 11.4 Å². The highest BCUT2D eigenvalue weighted by Gasteiger charge is 2.27. The van der Waals surface area contributed by atoms with Gasteiger partial charge in [0.2, 0.25) is 5.91 Å². The van der Waals surface area contributed by atoms with Gasteiger partial charge >= 0.3 is 0 Å². The average Bonchev–Trinajstić information content (AvgIpc) is 2.17. The molecule has 0 saturated carbocycles. The first-order valence-corrected chi connectivity index (χ1v) is 5.20. The van der Waals surface area contributed by atoms with Crippen molar-refractivity contribution >= 4 is 24.4 Å². The molecule has 1 rings (SSSR count). The van der Waals surface area contributed by atoms with E-state index in [0.717, 1.165) is 0 Å². The van der Waals surface area contributed by atoms with Gasteiger partial charge in [-0.25, -0.2) is 0 Å². The Hall–Kier alpha value is -1.49. The molecule has 2 amide bonds. The molecule has 0 saturated heterocycles. The Morgan fingerprint density at radius 1 is 1.31 bits per heavy atom. The quantitative estimate of drug-likeness (QED) is 0.687. The van der Waals surface area contributed by atoms with Crippen LogP contribution < -0.4 is 11.1 Å². The van der Waals surface area contributed by atoms with Gasteiger partial charge in [-0.15, -0.1) is 12.6 Å². The minimum absolute atomic E-state index is 0.366. The third kappa shape index (κ3) is 2.76. The van der Waals surface area contributed by atoms with Crippen LogP contribution >= 0.6 is 12.6 Å². The third-order valence-electron chi connectivity index (χ3n) is 2.19. The predicted molar refractivity (Wildman–Crippen MR) is 64.4 cm³/mol. The number of amides is 2. The highest BCUT2D eigenvalue weighted by molar-refractivity contribution is 7.80. The summed E-state index contributed by atoms with van der Waals surface area (Å²) in [7, 11) is 0. The molecule has 0 aliphatic rings. The summed E-state index contributed by atoms with van der Waals surface area (Å²) in [5, 5.41) is 2.55. The Kier molecular flexibility index (Phi) is 3.59. The number of hydrogen-bond donors (Lipinski definition) is 3. The highest BCUT2D eigenvalue weighted by atomic mass is 32.1. The van der Waals surface area contributed by atoms with Gasteiger partial charge in [0.05, 0.1) is 5.56 Å². The minimum Gasteiger partial charge on any atom is -0.368 e. The van der Waals surface area contributed by atoms with Gasteiger partial charge in [0, 0.05) is 4.90 Å². The molecule has 0 unspecified atom stereocenters. The van der Waals surface area contributed by atoms with E-state index in [2.05, 4.69) is 17.9 Å². The van der Waals surface area contributed by atoms with Crippen LogP contribution in [0.1, 0.15) is 24.2 Å². The summed E-state index contributed by atoms with van der Waals surface area (Å²) in [4.78, 5) is 23.4. The lowest BCUT2D eigenvalue weighted by molar-refractivity contribution is -0.122. The predicted octanol–water partition coefficient (Wildman–Crippen LogP) is 0.969. The first-order valence-electron chi connectivity index (χ1n) is 4.75. The molecule has 1 aromatic carbocycles. The van der Waals surface area contributed by atoms with E-state index in [1.54, 1.807) is 38.1 Å². The largest absolute Gasteiger partial charge is 0.368 e. The molecule has 0 spiro atoms. The first-order chi connectivity index (χ1) is 7.34. The van der Waals surface area contributed by atoms with Crippen molar-refractivity contribution in [3.63, 3.8) is 0 Å². The van der Waals surface area contributed by atoms with E-state index in [0.29, 0.717) is 10.5 Å². The van der Waals surface area contributed by atoms with Gasteiger partial charge in [-0.2, -0.15) is 0 Å². The van der Waals surface area contributed by atoms with Crippen LogP contribution in [-0.4, -0.2) is 17.4 Å². The normalized spacial score (nSPS) is 10.9. The molecule has 4 nitrogen and oxygen atoms in total. The molecule has 0 bridgehead atoms. The number of benzene rings is 1. The van der Waals surface area contributed by atoms with Crippen molar-refractivity contribution in [1.82, 2.24) is 5.32 Å². The van der Waals surface area contributed by atoms with Crippen LogP contribution in [0.25, 0.3) is 0 Å². The summed E-state index contributed by atoms with van der Waals surface area (Å²) in [6.45, 7) is 3.10. The van der Waals surface area contributed by atoms with Crippen molar-refractivity contribution in [1.29, 1.82) is 0 Å². The van der Waals surface area contributed by atoms with Gasteiger partial charge in [-0.3, -0.25) is 9.59 Å². The van der Waals surface area contributed by atoms with Crippen LogP contribution in [0.2, 0.25) is 0 Å². The number of carbonyl (C=O) groups excluding carboxylic acids is 2. The van der Waals surface area contributed by atoms with E-state index in [9.17, 15) is 9.59 Å². The Labute approximate surface area is 99.6 Å². The first kappa shape index (κ1) is 12.6. The molecule has 1 aromatic rings. The van der Waals surface area contributed by atoms with Gasteiger partial charge in [0.25, 0.3) is 5.91 Å². The molecule has 0 atom stereocenters. The van der Waals surface area contributed by atoms with Gasteiger partial charge in [0.1, 0.15) is 5.54 Å². The molecule has 5 heteroatoms. The van der Waals surface area contributed by atoms with Crippen molar-refractivity contribution < 1.29 is 9.59 Å². The zero-order valence-electron chi connectivity index (χ0n) is 9.15. The van der Waals surface area contributed by atoms with Crippen LogP contribution in [0, 0.1) is 0 Å². The van der Waals surface area contributed by atoms with Crippen molar-refractivity contribution in [2.24, 2.45) is 5.73 Å². The fourth-order valence-electron chi connectivity index (χ4n) is 1.08. The second-order valence-corrected chi connectivity index (χ2v) is 4.44. The van der Waals surface area contributed by atoms with Gasteiger partial charge in [0.15, 0.2) is 0 Å². The summed E-state index contributed by atoms with van der Waals surface area (Å²) in [5.74, 6) is -0.952. The fourth-order valence-corrected chi connectivity index (χ4v) is 1.34. The zero-order chi connectivity index (χ0) is 12.3. The van der Waals surface area contributed by atoms with Crippen LogP contribution in [-0.2, 0) is 4.79 Å². The SMILES string of the molecule is CC(C)(NC(=O)c1ccccc1S)C(N)=O. The number of rotatable bonds is 3. The summed E-state index contributed by atoms with van der Waals surface area (Å²) in [6, 6.07) is 6.84. The van der Waals surface area contributed by atoms with E-state index in [-0.39, 0.29) is 5.91 Å². The second-order valence-electron chi connectivity index (χ2n) is 3.96. The minimum atomic E-state index is -1.08. The Balaban J connectivity index is 2.89. The molecule has 0 fully saturated rings. The lowest BCUT2D eigenvalue weighted by Crippen LogP contribution is -2.53. The third-order valence-corrected chi connectivity index (χ3v) is 2.58. The average molecular weight is 238 g/mol. The summed E-state index contributed by atoms with van der Waals surface area (Å²) < 4.78 is 0. The Morgan fingerprint density at radius 3 is 2.38 bits per heavy atom. The Morgan fingerprint density at radius 2 is 1.88 bits per heavy atom. The van der Waals surface area contributed by atoms with Crippen LogP contribution in [0.3, 0.4) is 0 Å². The van der Waals surface area contributed by atoms with Gasteiger partial charge in [-0.1, -0.05) is 12.1 Å². The van der Waals surface area contributed by atoms with E-state index in [1.165, 1.54) is 0 Å². The lowest BCUT2D eigenvalue weighted by atomic mass is 10.0. The van der Waals surface area contributed by atoms with Gasteiger partial charge < -0.3 is 11.1 Å². The van der Waals surface area contributed by atoms with Crippen molar-refractivity contribution in [3.8, 4) is 0 Å². The molecular weight excluding hydrogens is 224 g/mol. The second kappa shape index (κ2) is 4.57. The zero-order valence-corrected chi connectivity index (χ0v) is 10.0. The molecule has 16 heavy (non-hydrogen) atoms. The molecule has 0 aliphatic heterocycles. The van der Waals surface area contributed by atoms with E-state index >= 15 is 0 Å². The Bertz CT molecular complexity index is 430. The molecule has 0 heterocycles. The molecule has 0 radical (unpaired) electrons. The molecule has 0 aliphatic carbocycles. The number of nitrogens with one attached hydrogen (secondary N) is 1. The highest BCUT2D eigenvalue weighted by Crippen LogP contribution is 2.14. The number of hydrogen-bond acceptors (Lipinski definition) is 3. The monoisotopic (exact) mass is 238 g/mol. The van der Waals surface area contributed by atoms with E-state index in [4.69, 9.17) is 5.73 Å². The van der Waals surface area contributed by atoms with Crippen LogP contribution in [0.4, 0.5) is 0 Å². The number of nitrogens with two attached hydrogens (primary N) is 1. The summed E-state index contributed by atoms with van der Waals surface area (Å²) in [5.41, 5.74) is 4.50. The maximum absolute atomic E-state index is 11.8. The van der Waals surface area contributed by atoms with Gasteiger partial charge in [-0.05, 0) is 26.0 Å². The lowest BCUT2D eigenvalue weighted by Gasteiger charge is -2.22. The molecule has 86 valence electrons. The maximum atomic E-state index is 11.8. The smallest absolute Gasteiger partial charge is 0.253 e. The number of primary amides is 1. The molecule has 0 aromatic heterocycles. The summed E-state index contributed by atoms with van der Waals surface area (Å²) in [6.07, 6.45) is 0. The fraction of sp³-hybridized carbons (Fsp3) is 0.273.